The van der Waals surface area contributed by atoms with Gasteiger partial charge in [0.25, 0.3) is 0 Å². The van der Waals surface area contributed by atoms with Crippen molar-refractivity contribution in [3.05, 3.63) is 0 Å². The summed E-state index contributed by atoms with van der Waals surface area (Å²) in [6.45, 7) is 8.93. The smallest absolute Gasteiger partial charge is 0.411 e. The fraction of sp³-hybridized carbons (Fsp3) is 0.800. The number of hydrogen-bond acceptors (Lipinski definition) is 7. The second kappa shape index (κ2) is 10.4. The van der Waals surface area contributed by atoms with Crippen molar-refractivity contribution in [1.82, 2.24) is 4.90 Å². The Hall–Kier alpha value is -1.44. The molecule has 0 saturated carbocycles. The van der Waals surface area contributed by atoms with Gasteiger partial charge >= 0.3 is 18.0 Å². The van der Waals surface area contributed by atoms with E-state index in [-0.39, 0.29) is 31.9 Å². The number of rotatable bonds is 8. The third-order valence-corrected chi connectivity index (χ3v) is 2.94. The maximum atomic E-state index is 12.3. The van der Waals surface area contributed by atoms with Crippen molar-refractivity contribution in [3.8, 4) is 0 Å². The van der Waals surface area contributed by atoms with E-state index in [9.17, 15) is 14.4 Å². The van der Waals surface area contributed by atoms with Gasteiger partial charge in [-0.1, -0.05) is 0 Å². The van der Waals surface area contributed by atoms with Gasteiger partial charge in [-0.25, -0.2) is 9.59 Å². The first-order chi connectivity index (χ1) is 10.7. The van der Waals surface area contributed by atoms with E-state index in [1.165, 1.54) is 0 Å². The van der Waals surface area contributed by atoms with Crippen LogP contribution < -0.4 is 0 Å². The highest BCUT2D eigenvalue weighted by Gasteiger charge is 2.33. The summed E-state index contributed by atoms with van der Waals surface area (Å²) in [5, 5.41) is 0. The number of hydrogen-bond donors (Lipinski definition) is 1. The number of amides is 1. The maximum absolute atomic E-state index is 12.3. The van der Waals surface area contributed by atoms with E-state index in [0.29, 0.717) is 0 Å². The molecule has 0 heterocycles. The molecule has 0 bridgehead atoms. The van der Waals surface area contributed by atoms with Crippen LogP contribution in [0.25, 0.3) is 0 Å². The quantitative estimate of drug-likeness (QED) is 0.410. The third kappa shape index (κ3) is 8.68. The van der Waals surface area contributed by atoms with Crippen molar-refractivity contribution in [3.63, 3.8) is 0 Å². The molecule has 0 rings (SSSR count). The Morgan fingerprint density at radius 1 is 1.09 bits per heavy atom. The summed E-state index contributed by atoms with van der Waals surface area (Å²) >= 11 is 4.11. The Balaban J connectivity index is 5.13. The topological polar surface area (TPSA) is 82.1 Å². The van der Waals surface area contributed by atoms with Crippen LogP contribution in [0.15, 0.2) is 0 Å². The van der Waals surface area contributed by atoms with Gasteiger partial charge in [0.1, 0.15) is 11.6 Å². The molecule has 0 fully saturated rings. The minimum absolute atomic E-state index is 0.0161. The molecule has 0 aliphatic heterocycles. The summed E-state index contributed by atoms with van der Waals surface area (Å²) in [5.41, 5.74) is -0.727. The van der Waals surface area contributed by atoms with Crippen LogP contribution in [0.5, 0.6) is 0 Å². The SMILES string of the molecule is CCOC(=O)CCN(C(=O)OC(C)(C)C)[C@@H](CS)C(=O)OCC. The van der Waals surface area contributed by atoms with E-state index in [1.807, 2.05) is 0 Å². The molecular formula is C15H27NO6S. The van der Waals surface area contributed by atoms with Crippen molar-refractivity contribution in [1.29, 1.82) is 0 Å². The molecule has 0 spiro atoms. The lowest BCUT2D eigenvalue weighted by molar-refractivity contribution is -0.150. The number of ether oxygens (including phenoxy) is 3. The van der Waals surface area contributed by atoms with Gasteiger partial charge in [-0.3, -0.25) is 9.69 Å². The van der Waals surface area contributed by atoms with Crippen molar-refractivity contribution < 1.29 is 28.6 Å². The minimum Gasteiger partial charge on any atom is -0.466 e. The molecule has 0 unspecified atom stereocenters. The molecule has 8 heteroatoms. The van der Waals surface area contributed by atoms with Gasteiger partial charge in [0.05, 0.1) is 19.6 Å². The maximum Gasteiger partial charge on any atom is 0.411 e. The molecule has 7 nitrogen and oxygen atoms in total. The molecule has 0 aromatic rings. The first kappa shape index (κ1) is 21.6. The number of carbonyl (C=O) groups excluding carboxylic acids is 3. The average Bonchev–Trinajstić information content (AvgIpc) is 2.41. The van der Waals surface area contributed by atoms with Crippen LogP contribution in [-0.4, -0.2) is 60.1 Å². The van der Waals surface area contributed by atoms with Crippen molar-refractivity contribution in [2.24, 2.45) is 0 Å². The average molecular weight is 349 g/mol. The molecule has 134 valence electrons. The Morgan fingerprint density at radius 3 is 2.09 bits per heavy atom. The molecule has 1 atom stereocenters. The molecule has 23 heavy (non-hydrogen) atoms. The van der Waals surface area contributed by atoms with Gasteiger partial charge < -0.3 is 14.2 Å². The fourth-order valence-electron chi connectivity index (χ4n) is 1.68. The Morgan fingerprint density at radius 2 is 1.65 bits per heavy atom. The van der Waals surface area contributed by atoms with E-state index in [1.54, 1.807) is 34.6 Å². The minimum atomic E-state index is -0.928. The monoisotopic (exact) mass is 349 g/mol. The first-order valence-corrected chi connectivity index (χ1v) is 8.22. The summed E-state index contributed by atoms with van der Waals surface area (Å²) in [6, 6.07) is -0.928. The fourth-order valence-corrected chi connectivity index (χ4v) is 2.02. The summed E-state index contributed by atoms with van der Waals surface area (Å²) in [5.74, 6) is -0.985. The van der Waals surface area contributed by atoms with Gasteiger partial charge in [0.2, 0.25) is 0 Å². The number of nitrogens with zero attached hydrogens (tertiary/aromatic N) is 1. The second-order valence-corrected chi connectivity index (χ2v) is 6.04. The van der Waals surface area contributed by atoms with E-state index in [0.717, 1.165) is 4.90 Å². The molecule has 1 amide bonds. The van der Waals surface area contributed by atoms with Crippen LogP contribution in [0.3, 0.4) is 0 Å². The first-order valence-electron chi connectivity index (χ1n) is 7.59. The Bertz CT molecular complexity index is 407. The normalized spacial score (nSPS) is 12.3. The highest BCUT2D eigenvalue weighted by atomic mass is 32.1. The van der Waals surface area contributed by atoms with Crippen LogP contribution in [-0.2, 0) is 23.8 Å². The summed E-state index contributed by atoms with van der Waals surface area (Å²) in [6.07, 6.45) is -0.745. The van der Waals surface area contributed by atoms with Gasteiger partial charge in [-0.15, -0.1) is 0 Å². The molecule has 0 radical (unpaired) electrons. The highest BCUT2D eigenvalue weighted by Crippen LogP contribution is 2.14. The lowest BCUT2D eigenvalue weighted by Gasteiger charge is -2.31. The van der Waals surface area contributed by atoms with E-state index < -0.39 is 29.7 Å². The molecule has 0 aromatic heterocycles. The zero-order valence-corrected chi connectivity index (χ0v) is 15.4. The Labute approximate surface area is 143 Å². The molecule has 0 saturated heterocycles. The van der Waals surface area contributed by atoms with Crippen LogP contribution in [0.4, 0.5) is 4.79 Å². The van der Waals surface area contributed by atoms with Crippen LogP contribution in [0.1, 0.15) is 41.0 Å². The van der Waals surface area contributed by atoms with Gasteiger partial charge in [-0.2, -0.15) is 12.6 Å². The number of thiol groups is 1. The summed E-state index contributed by atoms with van der Waals surface area (Å²) < 4.78 is 15.1. The van der Waals surface area contributed by atoms with E-state index >= 15 is 0 Å². The molecule has 0 aliphatic carbocycles. The molecular weight excluding hydrogens is 322 g/mol. The van der Waals surface area contributed by atoms with Gasteiger partial charge in [-0.05, 0) is 34.6 Å². The summed E-state index contributed by atoms with van der Waals surface area (Å²) in [4.78, 5) is 37.1. The van der Waals surface area contributed by atoms with Gasteiger partial charge in [0.15, 0.2) is 0 Å². The number of esters is 2. The van der Waals surface area contributed by atoms with E-state index in [2.05, 4.69) is 12.6 Å². The van der Waals surface area contributed by atoms with Gasteiger partial charge in [0, 0.05) is 12.3 Å². The van der Waals surface area contributed by atoms with Crippen LogP contribution in [0, 0.1) is 0 Å². The predicted molar refractivity (Wildman–Crippen MR) is 88.5 cm³/mol. The zero-order chi connectivity index (χ0) is 18.0. The summed E-state index contributed by atoms with van der Waals surface area (Å²) in [7, 11) is 0. The second-order valence-electron chi connectivity index (χ2n) is 5.68. The molecule has 0 aliphatic rings. The number of carbonyl (C=O) groups is 3. The Kier molecular flexibility index (Phi) is 9.71. The zero-order valence-electron chi connectivity index (χ0n) is 14.5. The van der Waals surface area contributed by atoms with Crippen molar-refractivity contribution in [2.75, 3.05) is 25.5 Å². The van der Waals surface area contributed by atoms with Crippen LogP contribution >= 0.6 is 12.6 Å². The lowest BCUT2D eigenvalue weighted by Crippen LogP contribution is -2.49. The van der Waals surface area contributed by atoms with Crippen molar-refractivity contribution in [2.45, 2.75) is 52.7 Å². The van der Waals surface area contributed by atoms with Crippen molar-refractivity contribution >= 4 is 30.7 Å². The largest absolute Gasteiger partial charge is 0.466 e. The standard InChI is InChI=1S/C15H27NO6S/c1-6-20-12(17)8-9-16(14(19)22-15(3,4)5)11(10-23)13(18)21-7-2/h11,23H,6-10H2,1-5H3/t11-/m0/s1. The molecule has 0 aromatic carbocycles. The predicted octanol–water partition coefficient (Wildman–Crippen LogP) is 2.04. The lowest BCUT2D eigenvalue weighted by atomic mass is 10.2. The molecule has 0 N–H and O–H groups in total. The van der Waals surface area contributed by atoms with Crippen LogP contribution in [0.2, 0.25) is 0 Å². The van der Waals surface area contributed by atoms with E-state index in [4.69, 9.17) is 14.2 Å². The highest BCUT2D eigenvalue weighted by molar-refractivity contribution is 7.80. The third-order valence-electron chi connectivity index (χ3n) is 2.60.